The fourth-order valence-electron chi connectivity index (χ4n) is 5.26. The van der Waals surface area contributed by atoms with Crippen LogP contribution in [0.3, 0.4) is 0 Å². The molecule has 0 spiro atoms. The van der Waals surface area contributed by atoms with Crippen LogP contribution in [0.1, 0.15) is 39.4 Å². The van der Waals surface area contributed by atoms with E-state index >= 15 is 0 Å². The zero-order valence-electron chi connectivity index (χ0n) is 22.7. The lowest BCUT2D eigenvalue weighted by Gasteiger charge is -2.26. The highest BCUT2D eigenvalue weighted by atomic mass is 16.5. The third-order valence-corrected chi connectivity index (χ3v) is 7.26. The second kappa shape index (κ2) is 10.1. The molecule has 0 radical (unpaired) electrons. The van der Waals surface area contributed by atoms with Crippen molar-refractivity contribution in [3.05, 3.63) is 86.9 Å². The molecule has 1 atom stereocenters. The monoisotopic (exact) mass is 555 g/mol. The normalized spacial score (nSPS) is 16.6. The molecule has 1 unspecified atom stereocenters. The Balaban J connectivity index is 1.47. The van der Waals surface area contributed by atoms with E-state index < -0.39 is 11.9 Å². The van der Waals surface area contributed by atoms with Crippen molar-refractivity contribution in [1.29, 1.82) is 0 Å². The number of benzene rings is 3. The van der Waals surface area contributed by atoms with Crippen LogP contribution in [-0.2, 0) is 4.79 Å². The molecule has 1 aromatic heterocycles. The smallest absolute Gasteiger partial charge is 0.312 e. The first-order chi connectivity index (χ1) is 19.8. The second-order valence-electron chi connectivity index (χ2n) is 9.48. The third-order valence-electron chi connectivity index (χ3n) is 7.26. The largest absolute Gasteiger partial charge is 0.497 e. The number of nitrogens with one attached hydrogen (secondary N) is 1. The maximum atomic E-state index is 13.5. The van der Waals surface area contributed by atoms with Gasteiger partial charge in [-0.25, -0.2) is 0 Å². The molecule has 6 rings (SSSR count). The van der Waals surface area contributed by atoms with Gasteiger partial charge in [-0.15, -0.1) is 0 Å². The lowest BCUT2D eigenvalue weighted by Crippen LogP contribution is -2.26. The van der Waals surface area contributed by atoms with Crippen molar-refractivity contribution in [3.63, 3.8) is 0 Å². The third kappa shape index (κ3) is 4.33. The number of carbonyl (C=O) groups excluding carboxylic acids is 2. The van der Waals surface area contributed by atoms with Gasteiger partial charge >= 0.3 is 5.97 Å². The van der Waals surface area contributed by atoms with Crippen molar-refractivity contribution in [1.82, 2.24) is 4.98 Å². The molecule has 3 aromatic carbocycles. The van der Waals surface area contributed by atoms with Crippen LogP contribution < -0.4 is 34.0 Å². The number of hydrogen-bond donors (Lipinski definition) is 1. The molecule has 208 valence electrons. The number of aromatic amines is 1. The summed E-state index contributed by atoms with van der Waals surface area (Å²) in [6.07, 6.45) is 1.45. The van der Waals surface area contributed by atoms with Gasteiger partial charge in [-0.2, -0.15) is 0 Å². The van der Waals surface area contributed by atoms with E-state index in [9.17, 15) is 14.4 Å². The van der Waals surface area contributed by atoms with Gasteiger partial charge in [0.2, 0.25) is 5.78 Å². The SMILES string of the molecule is COc1ccc2cc(C3CC(=O)Oc4ccc5c(c43)O/C(=C/c3cc(OC)c(OC)cc3OC)C5=O)c(=O)[nH]c2c1. The van der Waals surface area contributed by atoms with Crippen LogP contribution in [0.5, 0.6) is 34.5 Å². The predicted molar refractivity (Wildman–Crippen MR) is 149 cm³/mol. The molecule has 1 N–H and O–H groups in total. The maximum absolute atomic E-state index is 13.5. The van der Waals surface area contributed by atoms with Crippen molar-refractivity contribution in [3.8, 4) is 34.5 Å². The predicted octanol–water partition coefficient (Wildman–Crippen LogP) is 4.62. The number of methoxy groups -OCH3 is 4. The standard InChI is InChI=1S/C31H25NO9/c1-36-17-6-5-15-9-20(31(35)32-21(15)12-17)19-13-27(33)40-22-8-7-18-29(34)26(41-30(18)28(19)22)11-16-10-24(38-3)25(39-4)14-23(16)37-2/h5-12,14,19H,13H2,1-4H3,(H,32,35)/b26-11+. The van der Waals surface area contributed by atoms with E-state index in [0.717, 1.165) is 5.39 Å². The van der Waals surface area contributed by atoms with Crippen LogP contribution in [0, 0.1) is 0 Å². The first kappa shape index (κ1) is 26.0. The van der Waals surface area contributed by atoms with Crippen LogP contribution in [-0.4, -0.2) is 45.2 Å². The summed E-state index contributed by atoms with van der Waals surface area (Å²) in [6.45, 7) is 0. The molecule has 0 aliphatic carbocycles. The number of allylic oxidation sites excluding steroid dienone is 1. The minimum absolute atomic E-state index is 0.0362. The quantitative estimate of drug-likeness (QED) is 0.206. The van der Waals surface area contributed by atoms with E-state index in [1.165, 1.54) is 21.3 Å². The average Bonchev–Trinajstić information content (AvgIpc) is 3.30. The van der Waals surface area contributed by atoms with Crippen LogP contribution >= 0.6 is 0 Å². The zero-order valence-corrected chi connectivity index (χ0v) is 22.7. The average molecular weight is 556 g/mol. The summed E-state index contributed by atoms with van der Waals surface area (Å²) in [7, 11) is 6.07. The van der Waals surface area contributed by atoms with E-state index in [4.69, 9.17) is 28.4 Å². The lowest BCUT2D eigenvalue weighted by atomic mass is 9.85. The van der Waals surface area contributed by atoms with E-state index in [1.54, 1.807) is 55.7 Å². The van der Waals surface area contributed by atoms with Gasteiger partial charge in [0.25, 0.3) is 5.56 Å². The number of aromatic nitrogens is 1. The molecule has 0 fully saturated rings. The summed E-state index contributed by atoms with van der Waals surface area (Å²) >= 11 is 0. The first-order valence-electron chi connectivity index (χ1n) is 12.7. The lowest BCUT2D eigenvalue weighted by molar-refractivity contribution is -0.135. The number of esters is 1. The highest BCUT2D eigenvalue weighted by molar-refractivity contribution is 6.15. The van der Waals surface area contributed by atoms with Gasteiger partial charge in [-0.1, -0.05) is 0 Å². The van der Waals surface area contributed by atoms with Gasteiger partial charge in [0.05, 0.1) is 45.9 Å². The van der Waals surface area contributed by atoms with Gasteiger partial charge in [0.15, 0.2) is 17.3 Å². The summed E-state index contributed by atoms with van der Waals surface area (Å²) in [5, 5.41) is 0.756. The van der Waals surface area contributed by atoms with Crippen LogP contribution in [0.4, 0.5) is 0 Å². The fourth-order valence-corrected chi connectivity index (χ4v) is 5.26. The number of rotatable bonds is 6. The Bertz CT molecular complexity index is 1840. The Kier molecular flexibility index (Phi) is 6.37. The number of ether oxygens (including phenoxy) is 6. The van der Waals surface area contributed by atoms with Crippen molar-refractivity contribution in [2.24, 2.45) is 0 Å². The Labute approximate surface area is 234 Å². The molecular weight excluding hydrogens is 530 g/mol. The zero-order chi connectivity index (χ0) is 28.8. The van der Waals surface area contributed by atoms with E-state index in [1.807, 2.05) is 6.07 Å². The Morgan fingerprint density at radius 3 is 2.32 bits per heavy atom. The molecule has 41 heavy (non-hydrogen) atoms. The highest BCUT2D eigenvalue weighted by Crippen LogP contribution is 2.49. The van der Waals surface area contributed by atoms with Gasteiger partial charge in [0, 0.05) is 34.7 Å². The van der Waals surface area contributed by atoms with E-state index in [0.29, 0.717) is 50.8 Å². The van der Waals surface area contributed by atoms with Crippen molar-refractivity contribution < 1.29 is 38.0 Å². The molecular formula is C31H25NO9. The molecule has 4 aromatic rings. The number of ketones is 1. The number of hydrogen-bond acceptors (Lipinski definition) is 9. The number of carbonyl (C=O) groups is 2. The molecule has 0 amide bonds. The second-order valence-corrected chi connectivity index (χ2v) is 9.48. The summed E-state index contributed by atoms with van der Waals surface area (Å²) in [6, 6.07) is 13.5. The van der Waals surface area contributed by atoms with Crippen molar-refractivity contribution in [2.45, 2.75) is 12.3 Å². The van der Waals surface area contributed by atoms with Crippen LogP contribution in [0.2, 0.25) is 0 Å². The molecule has 0 saturated carbocycles. The summed E-state index contributed by atoms with van der Waals surface area (Å²) in [5.74, 6) is 0.891. The number of fused-ring (bicyclic) bond motifs is 4. The molecule has 2 aliphatic rings. The van der Waals surface area contributed by atoms with Gasteiger partial charge in [-0.05, 0) is 47.9 Å². The number of Topliss-reactive ketones (excluding diaryl/α,β-unsaturated/α-hetero) is 1. The van der Waals surface area contributed by atoms with Gasteiger partial charge in [-0.3, -0.25) is 14.4 Å². The molecule has 0 saturated heterocycles. The Morgan fingerprint density at radius 1 is 0.829 bits per heavy atom. The van der Waals surface area contributed by atoms with E-state index in [-0.39, 0.29) is 35.0 Å². The summed E-state index contributed by atoms with van der Waals surface area (Å²) < 4.78 is 33.2. The minimum atomic E-state index is -0.709. The summed E-state index contributed by atoms with van der Waals surface area (Å²) in [4.78, 5) is 42.3. The fraction of sp³-hybridized carbons (Fsp3) is 0.194. The number of pyridine rings is 1. The van der Waals surface area contributed by atoms with Crippen LogP contribution in [0.25, 0.3) is 17.0 Å². The van der Waals surface area contributed by atoms with Crippen LogP contribution in [0.15, 0.2) is 59.1 Å². The maximum Gasteiger partial charge on any atom is 0.312 e. The van der Waals surface area contributed by atoms with Crippen molar-refractivity contribution >= 4 is 28.7 Å². The van der Waals surface area contributed by atoms with E-state index in [2.05, 4.69) is 4.98 Å². The topological polar surface area (TPSA) is 122 Å². The molecule has 0 bridgehead atoms. The molecule has 10 nitrogen and oxygen atoms in total. The first-order valence-corrected chi connectivity index (χ1v) is 12.7. The number of H-pyrrole nitrogens is 1. The van der Waals surface area contributed by atoms with Crippen molar-refractivity contribution in [2.75, 3.05) is 28.4 Å². The molecule has 3 heterocycles. The minimum Gasteiger partial charge on any atom is -0.497 e. The Hall–Kier alpha value is -5.25. The van der Waals surface area contributed by atoms with Gasteiger partial charge < -0.3 is 33.4 Å². The highest BCUT2D eigenvalue weighted by Gasteiger charge is 2.39. The molecule has 2 aliphatic heterocycles. The molecule has 10 heteroatoms. The van der Waals surface area contributed by atoms with Gasteiger partial charge in [0.1, 0.15) is 23.0 Å². The summed E-state index contributed by atoms with van der Waals surface area (Å²) in [5.41, 5.74) is 1.85. The Morgan fingerprint density at radius 2 is 1.59 bits per heavy atom.